The molecule has 0 spiro atoms. The van der Waals surface area contributed by atoms with E-state index in [-0.39, 0.29) is 26.5 Å². The molecule has 9 aromatic rings. The van der Waals surface area contributed by atoms with Crippen molar-refractivity contribution < 1.29 is 25.8 Å². The number of aryl methyl sites for hydroxylation is 2. The number of benzene rings is 5. The molecule has 0 amide bonds. The molecule has 0 aliphatic heterocycles. The summed E-state index contributed by atoms with van der Waals surface area (Å²) in [5.74, 6) is 1.22. The summed E-state index contributed by atoms with van der Waals surface area (Å²) in [5, 5.41) is 6.34. The van der Waals surface area contributed by atoms with E-state index in [0.29, 0.717) is 11.5 Å². The molecule has 0 saturated carbocycles. The van der Waals surface area contributed by atoms with Crippen LogP contribution in [0.15, 0.2) is 104 Å². The third kappa shape index (κ3) is 4.56. The largest absolute Gasteiger partial charge is 2.00 e. The maximum absolute atomic E-state index is 6.52. The molecule has 0 aliphatic carbocycles. The molecule has 4 aromatic heterocycles. The van der Waals surface area contributed by atoms with E-state index < -0.39 is 0 Å². The van der Waals surface area contributed by atoms with E-state index >= 15 is 0 Å². The number of pyridine rings is 2. The summed E-state index contributed by atoms with van der Waals surface area (Å²) >= 11 is 0. The first kappa shape index (κ1) is 30.3. The smallest absolute Gasteiger partial charge is 0.497 e. The number of rotatable bonds is 3. The fourth-order valence-corrected chi connectivity index (χ4v) is 7.16. The van der Waals surface area contributed by atoms with E-state index in [1.807, 2.05) is 30.7 Å². The van der Waals surface area contributed by atoms with Crippen LogP contribution in [-0.2, 0) is 26.5 Å². The third-order valence-electron chi connectivity index (χ3n) is 9.49. The fraction of sp³-hybridized carbons (Fsp3) is 0.143. The van der Waals surface area contributed by atoms with Gasteiger partial charge in [-0.3, -0.25) is 9.97 Å². The molecule has 0 unspecified atom stereocenters. The number of aromatic nitrogens is 4. The Labute approximate surface area is 293 Å². The van der Waals surface area contributed by atoms with Crippen LogP contribution in [0.1, 0.15) is 37.5 Å². The molecule has 0 fully saturated rings. The predicted molar refractivity (Wildman–Crippen MR) is 192 cm³/mol. The number of hydrogen-bond acceptors (Lipinski definition) is 3. The Morgan fingerprint density at radius 2 is 1.35 bits per heavy atom. The van der Waals surface area contributed by atoms with Gasteiger partial charge in [-0.1, -0.05) is 115 Å². The summed E-state index contributed by atoms with van der Waals surface area (Å²) in [7, 11) is 0. The molecular weight excluding hydrogens is 772 g/mol. The van der Waals surface area contributed by atoms with Gasteiger partial charge in [-0.2, -0.15) is 0 Å². The molecule has 9 rings (SSSR count). The van der Waals surface area contributed by atoms with Crippen LogP contribution in [0.4, 0.5) is 0 Å². The average molecular weight is 804 g/mol. The molecule has 5 nitrogen and oxygen atoms in total. The number of fused-ring (bicyclic) bond motifs is 12. The zero-order chi connectivity index (χ0) is 32.0. The Bertz CT molecular complexity index is 2710. The number of nitrogens with zero attached hydrogens (tertiary/aromatic N) is 4. The van der Waals surface area contributed by atoms with Gasteiger partial charge >= 0.3 is 21.1 Å². The minimum absolute atomic E-state index is 0. The minimum atomic E-state index is 0. The Morgan fingerprint density at radius 3 is 2.08 bits per heavy atom. The van der Waals surface area contributed by atoms with Gasteiger partial charge in [0.2, 0.25) is 0 Å². The summed E-state index contributed by atoms with van der Waals surface area (Å²) in [4.78, 5) is 9.70. The maximum Gasteiger partial charge on any atom is 2.00 e. The van der Waals surface area contributed by atoms with Gasteiger partial charge in [0.05, 0.1) is 17.0 Å². The second kappa shape index (κ2) is 11.0. The molecule has 5 aromatic carbocycles. The van der Waals surface area contributed by atoms with E-state index in [1.54, 1.807) is 0 Å². The van der Waals surface area contributed by atoms with Gasteiger partial charge in [0.1, 0.15) is 0 Å². The molecule has 0 atom stereocenters. The monoisotopic (exact) mass is 803 g/mol. The molecule has 0 aliphatic rings. The van der Waals surface area contributed by atoms with Crippen LogP contribution < -0.4 is 4.74 Å². The SMILES string of the molecule is Cc1cccc(C)c1-c1cnc2c3[c-]c(Oc4[c-]c5c(cc4)c4cc(C(C)(C)C)ccc4n4ccnc54)ccc3c3ccccc3n12.[Pt+2]. The van der Waals surface area contributed by atoms with Crippen molar-refractivity contribution in [3.8, 4) is 22.8 Å². The first-order chi connectivity index (χ1) is 22.8. The quantitative estimate of drug-likeness (QED) is 0.132. The first-order valence-electron chi connectivity index (χ1n) is 16.0. The van der Waals surface area contributed by atoms with Gasteiger partial charge < -0.3 is 13.5 Å². The van der Waals surface area contributed by atoms with Gasteiger partial charge in [0, 0.05) is 46.7 Å². The summed E-state index contributed by atoms with van der Waals surface area (Å²) in [5.41, 5.74) is 9.98. The maximum atomic E-state index is 6.52. The van der Waals surface area contributed by atoms with Gasteiger partial charge in [0.15, 0.2) is 0 Å². The summed E-state index contributed by atoms with van der Waals surface area (Å²) < 4.78 is 10.9. The Hall–Kier alpha value is -4.99. The van der Waals surface area contributed by atoms with Crippen LogP contribution in [0.25, 0.3) is 65.9 Å². The van der Waals surface area contributed by atoms with Crippen molar-refractivity contribution in [1.29, 1.82) is 0 Å². The van der Waals surface area contributed by atoms with Crippen molar-refractivity contribution >= 4 is 54.6 Å². The molecule has 0 saturated heterocycles. The van der Waals surface area contributed by atoms with E-state index in [0.717, 1.165) is 55.0 Å². The van der Waals surface area contributed by atoms with E-state index in [4.69, 9.17) is 14.7 Å². The van der Waals surface area contributed by atoms with E-state index in [1.165, 1.54) is 27.6 Å². The molecule has 0 radical (unpaired) electrons. The zero-order valence-electron chi connectivity index (χ0n) is 27.3. The van der Waals surface area contributed by atoms with E-state index in [9.17, 15) is 0 Å². The molecular formula is C42H32N4OPt. The number of para-hydroxylation sites is 1. The normalized spacial score (nSPS) is 12.1. The van der Waals surface area contributed by atoms with Crippen LogP contribution in [0.3, 0.4) is 0 Å². The van der Waals surface area contributed by atoms with Crippen LogP contribution in [0.5, 0.6) is 11.5 Å². The standard InChI is InChI=1S/C42H32N4O.Pt/c1-25-9-8-10-26(2)39(25)38-24-44-41-35-23-29(14-16-30(35)32-11-6-7-12-37(32)46(38)41)47-28-15-17-31-33-21-27(42(3,4)5)13-18-36(33)45-20-19-43-40(45)34(31)22-28;/h6-21,24H,1-5H3;/q-2;+2. The molecule has 0 N–H and O–H groups in total. The average Bonchev–Trinajstić information content (AvgIpc) is 3.73. The Morgan fingerprint density at radius 1 is 0.667 bits per heavy atom. The summed E-state index contributed by atoms with van der Waals surface area (Å²) in [6.07, 6.45) is 5.84. The van der Waals surface area contributed by atoms with Crippen LogP contribution in [0.2, 0.25) is 0 Å². The number of imidazole rings is 2. The first-order valence-corrected chi connectivity index (χ1v) is 16.0. The summed E-state index contributed by atoms with van der Waals surface area (Å²) in [6, 6.07) is 37.0. The minimum Gasteiger partial charge on any atom is -0.497 e. The second-order valence-electron chi connectivity index (χ2n) is 13.5. The molecule has 0 bridgehead atoms. The van der Waals surface area contributed by atoms with Gasteiger partial charge in [-0.05, 0) is 58.9 Å². The van der Waals surface area contributed by atoms with Crippen molar-refractivity contribution in [2.45, 2.75) is 40.0 Å². The van der Waals surface area contributed by atoms with Crippen molar-refractivity contribution in [3.63, 3.8) is 0 Å². The fourth-order valence-electron chi connectivity index (χ4n) is 7.16. The topological polar surface area (TPSA) is 43.8 Å². The van der Waals surface area contributed by atoms with Gasteiger partial charge in [-0.15, -0.1) is 12.1 Å². The van der Waals surface area contributed by atoms with E-state index in [2.05, 4.69) is 128 Å². The molecule has 236 valence electrons. The number of hydrogen-bond donors (Lipinski definition) is 0. The van der Waals surface area contributed by atoms with Crippen molar-refractivity contribution in [2.24, 2.45) is 0 Å². The second-order valence-corrected chi connectivity index (χ2v) is 13.5. The number of ether oxygens (including phenoxy) is 1. The zero-order valence-corrected chi connectivity index (χ0v) is 29.6. The Kier molecular flexibility index (Phi) is 6.98. The predicted octanol–water partition coefficient (Wildman–Crippen LogP) is 10.6. The molecule has 48 heavy (non-hydrogen) atoms. The Balaban J connectivity index is 0.00000336. The van der Waals surface area contributed by atoms with Crippen LogP contribution in [-0.4, -0.2) is 18.8 Å². The van der Waals surface area contributed by atoms with Gasteiger partial charge in [-0.25, -0.2) is 0 Å². The third-order valence-corrected chi connectivity index (χ3v) is 9.49. The van der Waals surface area contributed by atoms with Crippen LogP contribution >= 0.6 is 0 Å². The van der Waals surface area contributed by atoms with Crippen molar-refractivity contribution in [3.05, 3.63) is 132 Å². The molecule has 4 heterocycles. The summed E-state index contributed by atoms with van der Waals surface area (Å²) in [6.45, 7) is 11.1. The molecule has 6 heteroatoms. The van der Waals surface area contributed by atoms with Crippen molar-refractivity contribution in [2.75, 3.05) is 0 Å². The van der Waals surface area contributed by atoms with Gasteiger partial charge in [0.25, 0.3) is 0 Å². The van der Waals surface area contributed by atoms with Crippen molar-refractivity contribution in [1.82, 2.24) is 18.8 Å². The van der Waals surface area contributed by atoms with Crippen LogP contribution in [0, 0.1) is 26.0 Å².